The molecule has 16 heavy (non-hydrogen) atoms. The molecule has 90 valence electrons. The van der Waals surface area contributed by atoms with Crippen molar-refractivity contribution in [1.82, 2.24) is 0 Å². The molecule has 0 amide bonds. The Morgan fingerprint density at radius 2 is 1.94 bits per heavy atom. The summed E-state index contributed by atoms with van der Waals surface area (Å²) in [5.74, 6) is -0.628. The van der Waals surface area contributed by atoms with E-state index in [1.807, 2.05) is 0 Å². The zero-order chi connectivity index (χ0) is 12.5. The molecule has 0 saturated heterocycles. The van der Waals surface area contributed by atoms with Gasteiger partial charge in [0.05, 0.1) is 22.4 Å². The summed E-state index contributed by atoms with van der Waals surface area (Å²) in [5, 5.41) is 9.03. The molecule has 0 bridgehead atoms. The predicted molar refractivity (Wildman–Crippen MR) is 67.2 cm³/mol. The molecule has 1 rings (SSSR count). The Morgan fingerprint density at radius 1 is 1.38 bits per heavy atom. The second kappa shape index (κ2) is 5.12. The number of aliphatic hydroxyl groups is 1. The summed E-state index contributed by atoms with van der Waals surface area (Å²) in [7, 11) is 0. The third kappa shape index (κ3) is 2.72. The van der Waals surface area contributed by atoms with Crippen molar-refractivity contribution in [3.63, 3.8) is 0 Å². The van der Waals surface area contributed by atoms with Crippen LogP contribution in [0.4, 0.5) is 15.8 Å². The Hall–Kier alpha value is -0.650. The highest BCUT2D eigenvalue weighted by molar-refractivity contribution is 8.00. The number of nitrogens with two attached hydrogens (primary N) is 2. The molecule has 6 heteroatoms. The first kappa shape index (κ1) is 13.4. The summed E-state index contributed by atoms with van der Waals surface area (Å²) in [5.41, 5.74) is 11.5. The molecule has 0 fully saturated rings. The van der Waals surface area contributed by atoms with Crippen LogP contribution in [-0.4, -0.2) is 16.5 Å². The monoisotopic (exact) mass is 264 g/mol. The van der Waals surface area contributed by atoms with Gasteiger partial charge in [-0.15, -0.1) is 11.8 Å². The Kier molecular flexibility index (Phi) is 4.29. The number of nitrogen functional groups attached to an aromatic ring is 2. The number of benzene rings is 1. The maximum absolute atomic E-state index is 13.8. The fourth-order valence-electron chi connectivity index (χ4n) is 1.05. The first-order valence-electron chi connectivity index (χ1n) is 4.72. The zero-order valence-corrected chi connectivity index (χ0v) is 10.6. The van der Waals surface area contributed by atoms with Gasteiger partial charge in [0.25, 0.3) is 0 Å². The molecule has 0 aliphatic carbocycles. The van der Waals surface area contributed by atoms with Crippen molar-refractivity contribution in [2.75, 3.05) is 11.5 Å². The van der Waals surface area contributed by atoms with Gasteiger partial charge >= 0.3 is 0 Å². The maximum Gasteiger partial charge on any atom is 0.159 e. The van der Waals surface area contributed by atoms with Gasteiger partial charge in [0.1, 0.15) is 5.02 Å². The van der Waals surface area contributed by atoms with E-state index in [-0.39, 0.29) is 26.5 Å². The molecule has 0 saturated carbocycles. The molecule has 0 aliphatic heterocycles. The van der Waals surface area contributed by atoms with E-state index in [0.717, 1.165) is 11.8 Å². The predicted octanol–water partition coefficient (Wildman–Crippen LogP) is 2.50. The van der Waals surface area contributed by atoms with E-state index in [9.17, 15) is 9.50 Å². The van der Waals surface area contributed by atoms with Crippen LogP contribution in [0.1, 0.15) is 13.8 Å². The van der Waals surface area contributed by atoms with Crippen molar-refractivity contribution >= 4 is 34.7 Å². The van der Waals surface area contributed by atoms with Gasteiger partial charge in [-0.1, -0.05) is 18.5 Å². The van der Waals surface area contributed by atoms with Gasteiger partial charge in [0.2, 0.25) is 0 Å². The maximum atomic E-state index is 13.8. The largest absolute Gasteiger partial charge is 0.398 e. The Bertz CT molecular complexity index is 401. The van der Waals surface area contributed by atoms with Crippen LogP contribution >= 0.6 is 23.4 Å². The molecule has 0 aliphatic rings. The van der Waals surface area contributed by atoms with Crippen molar-refractivity contribution in [1.29, 1.82) is 0 Å². The van der Waals surface area contributed by atoms with Crippen LogP contribution in [0, 0.1) is 5.82 Å². The number of thioether (sulfide) groups is 1. The van der Waals surface area contributed by atoms with Gasteiger partial charge in [-0.2, -0.15) is 0 Å². The molecular weight excluding hydrogens is 251 g/mol. The minimum absolute atomic E-state index is 0.116. The van der Waals surface area contributed by atoms with E-state index in [1.165, 1.54) is 6.07 Å². The SMILES string of the molecule is CC(O)C(C)Sc1c(N)cc(N)c(Cl)c1F. The molecule has 0 spiro atoms. The van der Waals surface area contributed by atoms with Crippen LogP contribution in [0.2, 0.25) is 5.02 Å². The third-order valence-corrected chi connectivity index (χ3v) is 4.00. The second-order valence-electron chi connectivity index (χ2n) is 3.58. The van der Waals surface area contributed by atoms with Crippen molar-refractivity contribution in [3.8, 4) is 0 Å². The van der Waals surface area contributed by atoms with Gasteiger partial charge < -0.3 is 16.6 Å². The summed E-state index contributed by atoms with van der Waals surface area (Å²) < 4.78 is 13.8. The Labute approximate surface area is 103 Å². The van der Waals surface area contributed by atoms with Gasteiger partial charge in [-0.05, 0) is 13.0 Å². The summed E-state index contributed by atoms with van der Waals surface area (Å²) in [6.45, 7) is 3.41. The quantitative estimate of drug-likeness (QED) is 0.579. The van der Waals surface area contributed by atoms with Crippen LogP contribution in [-0.2, 0) is 0 Å². The summed E-state index contributed by atoms with van der Waals surface area (Å²) in [6, 6.07) is 1.42. The molecular formula is C10H14ClFN2OS. The zero-order valence-electron chi connectivity index (χ0n) is 9.00. The van der Waals surface area contributed by atoms with Crippen molar-refractivity contribution < 1.29 is 9.50 Å². The molecule has 3 nitrogen and oxygen atoms in total. The first-order valence-corrected chi connectivity index (χ1v) is 5.98. The fraction of sp³-hybridized carbons (Fsp3) is 0.400. The van der Waals surface area contributed by atoms with Gasteiger partial charge in [0.15, 0.2) is 5.82 Å². The smallest absolute Gasteiger partial charge is 0.159 e. The molecule has 0 heterocycles. The van der Waals surface area contributed by atoms with Crippen LogP contribution in [0.5, 0.6) is 0 Å². The molecule has 2 atom stereocenters. The van der Waals surface area contributed by atoms with Crippen LogP contribution in [0.15, 0.2) is 11.0 Å². The fourth-order valence-corrected chi connectivity index (χ4v) is 2.23. The lowest BCUT2D eigenvalue weighted by atomic mass is 10.3. The topological polar surface area (TPSA) is 72.3 Å². The van der Waals surface area contributed by atoms with Crippen molar-refractivity contribution in [2.45, 2.75) is 30.1 Å². The minimum atomic E-state index is -0.628. The van der Waals surface area contributed by atoms with Gasteiger partial charge in [-0.3, -0.25) is 0 Å². The third-order valence-electron chi connectivity index (χ3n) is 2.20. The normalized spacial score (nSPS) is 14.8. The summed E-state index contributed by atoms with van der Waals surface area (Å²) in [6.07, 6.45) is -0.569. The van der Waals surface area contributed by atoms with Gasteiger partial charge in [-0.25, -0.2) is 4.39 Å². The van der Waals surface area contributed by atoms with E-state index < -0.39 is 11.9 Å². The molecule has 0 aromatic heterocycles. The Morgan fingerprint density at radius 3 is 2.44 bits per heavy atom. The van der Waals surface area contributed by atoms with E-state index in [2.05, 4.69) is 0 Å². The Balaban J connectivity index is 3.10. The molecule has 0 radical (unpaired) electrons. The number of aliphatic hydroxyl groups excluding tert-OH is 1. The van der Waals surface area contributed by atoms with Gasteiger partial charge in [0, 0.05) is 5.25 Å². The average Bonchev–Trinajstić information content (AvgIpc) is 2.20. The summed E-state index contributed by atoms with van der Waals surface area (Å²) >= 11 is 6.82. The number of hydrogen-bond acceptors (Lipinski definition) is 4. The lowest BCUT2D eigenvalue weighted by Crippen LogP contribution is -2.15. The summed E-state index contributed by atoms with van der Waals surface area (Å²) in [4.78, 5) is 0.229. The standard InChI is InChI=1S/C10H14ClFN2OS/c1-4(15)5(2)16-10-7(14)3-6(13)8(11)9(10)12/h3-5,15H,13-14H2,1-2H3. The van der Waals surface area contributed by atoms with Crippen LogP contribution in [0.3, 0.4) is 0 Å². The van der Waals surface area contributed by atoms with E-state index in [4.69, 9.17) is 23.1 Å². The number of halogens is 2. The highest BCUT2D eigenvalue weighted by Crippen LogP contribution is 2.38. The van der Waals surface area contributed by atoms with E-state index >= 15 is 0 Å². The lowest BCUT2D eigenvalue weighted by Gasteiger charge is -2.17. The van der Waals surface area contributed by atoms with E-state index in [0.29, 0.717) is 0 Å². The highest BCUT2D eigenvalue weighted by Gasteiger charge is 2.19. The molecule has 1 aromatic carbocycles. The second-order valence-corrected chi connectivity index (χ2v) is 5.34. The number of rotatable bonds is 3. The molecule has 1 aromatic rings. The lowest BCUT2D eigenvalue weighted by molar-refractivity contribution is 0.196. The van der Waals surface area contributed by atoms with Crippen LogP contribution in [0.25, 0.3) is 0 Å². The molecule has 5 N–H and O–H groups in total. The highest BCUT2D eigenvalue weighted by atomic mass is 35.5. The van der Waals surface area contributed by atoms with Crippen molar-refractivity contribution in [2.24, 2.45) is 0 Å². The van der Waals surface area contributed by atoms with Crippen LogP contribution < -0.4 is 11.5 Å². The minimum Gasteiger partial charge on any atom is -0.398 e. The van der Waals surface area contributed by atoms with Crippen molar-refractivity contribution in [3.05, 3.63) is 16.9 Å². The first-order chi connectivity index (χ1) is 7.34. The number of anilines is 2. The van der Waals surface area contributed by atoms with E-state index in [1.54, 1.807) is 13.8 Å². The number of hydrogen-bond donors (Lipinski definition) is 3. The molecule has 2 unspecified atom stereocenters. The average molecular weight is 265 g/mol.